The summed E-state index contributed by atoms with van der Waals surface area (Å²) >= 11 is 0. The van der Waals surface area contributed by atoms with Crippen LogP contribution in [0.5, 0.6) is 5.75 Å². The summed E-state index contributed by atoms with van der Waals surface area (Å²) in [6, 6.07) is 13.6. The number of benzene rings is 2. The maximum atomic E-state index is 14.3. The lowest BCUT2D eigenvalue weighted by Gasteiger charge is -2.26. The molecule has 1 fully saturated rings. The zero-order chi connectivity index (χ0) is 18.7. The number of halogens is 1. The van der Waals surface area contributed by atoms with E-state index in [2.05, 4.69) is 5.32 Å². The van der Waals surface area contributed by atoms with Crippen molar-refractivity contribution in [1.29, 1.82) is 0 Å². The van der Waals surface area contributed by atoms with Gasteiger partial charge in [0.1, 0.15) is 5.54 Å². The molecule has 3 N–H and O–H groups in total. The number of carbonyl (C=O) groups excluding carboxylic acids is 1. The predicted octanol–water partition coefficient (Wildman–Crippen LogP) is 3.67. The molecule has 1 aliphatic carbocycles. The standard InChI is InChI=1S/C21H25FN2O2/c1-14(24-20(25)21(2,23)17-6-4-3-5-7-17)16-10-11-19(18(22)12-16)26-13-15-8-9-15/h3-7,10-12,14-15H,8-9,13,23H2,1-2H3,(H,24,25). The minimum absolute atomic E-state index is 0.257. The van der Waals surface area contributed by atoms with Gasteiger partial charge < -0.3 is 15.8 Å². The first-order chi connectivity index (χ1) is 12.4. The van der Waals surface area contributed by atoms with Gasteiger partial charge >= 0.3 is 0 Å². The van der Waals surface area contributed by atoms with Crippen molar-refractivity contribution in [1.82, 2.24) is 5.32 Å². The Balaban J connectivity index is 1.66. The molecule has 0 bridgehead atoms. The molecule has 1 saturated carbocycles. The number of carbonyl (C=O) groups is 1. The van der Waals surface area contributed by atoms with Crippen LogP contribution in [-0.2, 0) is 10.3 Å². The Morgan fingerprint density at radius 2 is 2.00 bits per heavy atom. The highest BCUT2D eigenvalue weighted by Gasteiger charge is 2.31. The monoisotopic (exact) mass is 356 g/mol. The third-order valence-corrected chi connectivity index (χ3v) is 4.82. The molecule has 138 valence electrons. The van der Waals surface area contributed by atoms with Crippen LogP contribution < -0.4 is 15.8 Å². The van der Waals surface area contributed by atoms with Crippen LogP contribution in [0.4, 0.5) is 4.39 Å². The number of hydrogen-bond donors (Lipinski definition) is 2. The second-order valence-electron chi connectivity index (χ2n) is 7.21. The van der Waals surface area contributed by atoms with Gasteiger partial charge in [0.15, 0.2) is 11.6 Å². The van der Waals surface area contributed by atoms with Crippen molar-refractivity contribution in [3.05, 3.63) is 65.5 Å². The number of nitrogens with one attached hydrogen (secondary N) is 1. The van der Waals surface area contributed by atoms with Crippen LogP contribution in [0.2, 0.25) is 0 Å². The summed E-state index contributed by atoms with van der Waals surface area (Å²) < 4.78 is 19.8. The fourth-order valence-corrected chi connectivity index (χ4v) is 2.74. The van der Waals surface area contributed by atoms with Gasteiger partial charge in [-0.05, 0) is 55.9 Å². The molecule has 0 aromatic heterocycles. The zero-order valence-electron chi connectivity index (χ0n) is 15.2. The molecule has 2 atom stereocenters. The fraction of sp³-hybridized carbons (Fsp3) is 0.381. The topological polar surface area (TPSA) is 64.4 Å². The van der Waals surface area contributed by atoms with Gasteiger partial charge in [0.2, 0.25) is 5.91 Å². The number of amides is 1. The minimum Gasteiger partial charge on any atom is -0.490 e. The summed E-state index contributed by atoms with van der Waals surface area (Å²) in [6.07, 6.45) is 2.31. The summed E-state index contributed by atoms with van der Waals surface area (Å²) in [5.41, 5.74) is 6.45. The first-order valence-corrected chi connectivity index (χ1v) is 8.95. The molecule has 0 saturated heterocycles. The Morgan fingerprint density at radius 1 is 1.31 bits per heavy atom. The lowest BCUT2D eigenvalue weighted by atomic mass is 9.91. The molecule has 5 heteroatoms. The summed E-state index contributed by atoms with van der Waals surface area (Å²) in [5, 5.41) is 2.87. The molecule has 3 rings (SSSR count). The van der Waals surface area contributed by atoms with Crippen molar-refractivity contribution in [3.63, 3.8) is 0 Å². The van der Waals surface area contributed by atoms with E-state index in [1.165, 1.54) is 6.07 Å². The Kier molecular flexibility index (Phi) is 5.28. The smallest absolute Gasteiger partial charge is 0.244 e. The van der Waals surface area contributed by atoms with Crippen LogP contribution in [0.15, 0.2) is 48.5 Å². The van der Waals surface area contributed by atoms with Crippen LogP contribution in [0, 0.1) is 11.7 Å². The average Bonchev–Trinajstić information content (AvgIpc) is 3.45. The number of rotatable bonds is 7. The molecule has 2 unspecified atom stereocenters. The highest BCUT2D eigenvalue weighted by atomic mass is 19.1. The van der Waals surface area contributed by atoms with Crippen LogP contribution in [0.3, 0.4) is 0 Å². The van der Waals surface area contributed by atoms with E-state index in [4.69, 9.17) is 10.5 Å². The van der Waals surface area contributed by atoms with Gasteiger partial charge in [-0.3, -0.25) is 4.79 Å². The molecule has 0 spiro atoms. The van der Waals surface area contributed by atoms with E-state index in [-0.39, 0.29) is 17.7 Å². The second kappa shape index (κ2) is 7.46. The predicted molar refractivity (Wildman–Crippen MR) is 99.2 cm³/mol. The van der Waals surface area contributed by atoms with Crippen LogP contribution in [-0.4, -0.2) is 12.5 Å². The largest absolute Gasteiger partial charge is 0.490 e. The van der Waals surface area contributed by atoms with Gasteiger partial charge in [-0.25, -0.2) is 4.39 Å². The second-order valence-corrected chi connectivity index (χ2v) is 7.21. The lowest BCUT2D eigenvalue weighted by Crippen LogP contribution is -2.49. The summed E-state index contributed by atoms with van der Waals surface area (Å²) in [4.78, 5) is 12.6. The first kappa shape index (κ1) is 18.4. The average molecular weight is 356 g/mol. The minimum atomic E-state index is -1.17. The molecule has 0 radical (unpaired) electrons. The van der Waals surface area contributed by atoms with E-state index >= 15 is 0 Å². The highest BCUT2D eigenvalue weighted by molar-refractivity contribution is 5.87. The van der Waals surface area contributed by atoms with Crippen molar-refractivity contribution in [2.75, 3.05) is 6.61 Å². The van der Waals surface area contributed by atoms with E-state index in [0.717, 1.165) is 18.4 Å². The molecular weight excluding hydrogens is 331 g/mol. The summed E-state index contributed by atoms with van der Waals surface area (Å²) in [6.45, 7) is 4.03. The Hall–Kier alpha value is -2.40. The maximum absolute atomic E-state index is 14.3. The van der Waals surface area contributed by atoms with Crippen LogP contribution in [0.25, 0.3) is 0 Å². The van der Waals surface area contributed by atoms with Crippen molar-refractivity contribution in [2.24, 2.45) is 11.7 Å². The van der Waals surface area contributed by atoms with Gasteiger partial charge in [0, 0.05) is 0 Å². The summed E-state index contributed by atoms with van der Waals surface area (Å²) in [5.74, 6) is 0.0909. The van der Waals surface area contributed by atoms with E-state index in [9.17, 15) is 9.18 Å². The van der Waals surface area contributed by atoms with Gasteiger partial charge in [0.25, 0.3) is 0 Å². The Morgan fingerprint density at radius 3 is 2.62 bits per heavy atom. The first-order valence-electron chi connectivity index (χ1n) is 8.95. The fourth-order valence-electron chi connectivity index (χ4n) is 2.74. The van der Waals surface area contributed by atoms with Gasteiger partial charge in [-0.15, -0.1) is 0 Å². The van der Waals surface area contributed by atoms with Gasteiger partial charge in [0.05, 0.1) is 12.6 Å². The quantitative estimate of drug-likeness (QED) is 0.796. The zero-order valence-corrected chi connectivity index (χ0v) is 15.2. The highest BCUT2D eigenvalue weighted by Crippen LogP contribution is 2.30. The number of hydrogen-bond acceptors (Lipinski definition) is 3. The maximum Gasteiger partial charge on any atom is 0.244 e. The normalized spacial score (nSPS) is 17.2. The molecular formula is C21H25FN2O2. The number of nitrogens with two attached hydrogens (primary N) is 1. The van der Waals surface area contributed by atoms with Crippen molar-refractivity contribution < 1.29 is 13.9 Å². The Bertz CT molecular complexity index is 773. The molecule has 2 aromatic carbocycles. The molecule has 1 aliphatic rings. The molecule has 0 heterocycles. The lowest BCUT2D eigenvalue weighted by molar-refractivity contribution is -0.126. The van der Waals surface area contributed by atoms with E-state index in [1.807, 2.05) is 30.3 Å². The van der Waals surface area contributed by atoms with Crippen LogP contribution in [0.1, 0.15) is 43.9 Å². The molecule has 2 aromatic rings. The Labute approximate surface area is 153 Å². The van der Waals surface area contributed by atoms with Crippen molar-refractivity contribution in [2.45, 2.75) is 38.3 Å². The van der Waals surface area contributed by atoms with Crippen LogP contribution >= 0.6 is 0 Å². The molecule has 26 heavy (non-hydrogen) atoms. The van der Waals surface area contributed by atoms with Gasteiger partial charge in [-0.2, -0.15) is 0 Å². The molecule has 4 nitrogen and oxygen atoms in total. The van der Waals surface area contributed by atoms with E-state index in [0.29, 0.717) is 18.1 Å². The summed E-state index contributed by atoms with van der Waals surface area (Å²) in [7, 11) is 0. The van der Waals surface area contributed by atoms with Crippen molar-refractivity contribution in [3.8, 4) is 5.75 Å². The molecule has 0 aliphatic heterocycles. The van der Waals surface area contributed by atoms with Crippen molar-refractivity contribution >= 4 is 5.91 Å². The number of ether oxygens (including phenoxy) is 1. The van der Waals surface area contributed by atoms with E-state index in [1.54, 1.807) is 26.0 Å². The molecule has 1 amide bonds. The van der Waals surface area contributed by atoms with E-state index < -0.39 is 11.4 Å². The third-order valence-electron chi connectivity index (χ3n) is 4.82. The van der Waals surface area contributed by atoms with Gasteiger partial charge in [-0.1, -0.05) is 36.4 Å². The SMILES string of the molecule is CC(NC(=O)C(C)(N)c1ccccc1)c1ccc(OCC2CC2)c(F)c1. The third kappa shape index (κ3) is 4.22.